The van der Waals surface area contributed by atoms with Crippen LogP contribution in [0.1, 0.15) is 13.8 Å². The third-order valence-electron chi connectivity index (χ3n) is 1.28. The van der Waals surface area contributed by atoms with Gasteiger partial charge in [0.2, 0.25) is 6.79 Å². The van der Waals surface area contributed by atoms with Crippen molar-refractivity contribution in [2.45, 2.75) is 13.8 Å². The molecular weight excluding hydrogens is 140 g/mol. The first-order valence-electron chi connectivity index (χ1n) is 3.81. The van der Waals surface area contributed by atoms with Gasteiger partial charge in [0, 0.05) is 0 Å². The van der Waals surface area contributed by atoms with E-state index in [1.165, 1.54) is 0 Å². The van der Waals surface area contributed by atoms with Crippen LogP contribution in [-0.4, -0.2) is 6.79 Å². The molecule has 2 heteroatoms. The van der Waals surface area contributed by atoms with E-state index < -0.39 is 0 Å². The van der Waals surface area contributed by atoms with Crippen molar-refractivity contribution < 1.29 is 9.47 Å². The van der Waals surface area contributed by atoms with Gasteiger partial charge in [0.25, 0.3) is 0 Å². The first-order chi connectivity index (χ1) is 5.47. The van der Waals surface area contributed by atoms with E-state index in [-0.39, 0.29) is 0 Å². The minimum atomic E-state index is 0.360. The fraction of sp³-hybridized carbons (Fsp3) is 0.333. The average molecular weight is 152 g/mol. The summed E-state index contributed by atoms with van der Waals surface area (Å²) in [6, 6.07) is 7.63. The number of rotatable bonds is 0. The topological polar surface area (TPSA) is 18.5 Å². The highest BCUT2D eigenvalue weighted by atomic mass is 16.7. The standard InChI is InChI=1S/C7H6O2.C2H6/c1-2-4-7-6(3-1)8-5-9-7;1-2/h1-4H,5H2;1-2H3. The van der Waals surface area contributed by atoms with Crippen LogP contribution in [0.5, 0.6) is 11.5 Å². The van der Waals surface area contributed by atoms with Crippen LogP contribution < -0.4 is 9.47 Å². The lowest BCUT2D eigenvalue weighted by Gasteiger charge is -1.89. The molecule has 11 heavy (non-hydrogen) atoms. The number of fused-ring (bicyclic) bond motifs is 1. The van der Waals surface area contributed by atoms with Gasteiger partial charge in [0.1, 0.15) is 0 Å². The molecule has 1 aromatic rings. The summed E-state index contributed by atoms with van der Waals surface area (Å²) in [5, 5.41) is 0. The fourth-order valence-electron chi connectivity index (χ4n) is 0.845. The Hall–Kier alpha value is -1.18. The van der Waals surface area contributed by atoms with Gasteiger partial charge >= 0.3 is 0 Å². The van der Waals surface area contributed by atoms with Crippen molar-refractivity contribution in [1.82, 2.24) is 0 Å². The quantitative estimate of drug-likeness (QED) is 0.568. The van der Waals surface area contributed by atoms with Crippen LogP contribution in [0.4, 0.5) is 0 Å². The van der Waals surface area contributed by atoms with Crippen LogP contribution in [0.3, 0.4) is 0 Å². The Kier molecular flexibility index (Phi) is 2.78. The molecule has 0 amide bonds. The van der Waals surface area contributed by atoms with E-state index in [2.05, 4.69) is 0 Å². The Morgan fingerprint density at radius 2 is 1.45 bits per heavy atom. The maximum Gasteiger partial charge on any atom is 0.231 e. The molecule has 0 saturated heterocycles. The Labute approximate surface area is 66.8 Å². The molecule has 0 unspecified atom stereocenters. The zero-order valence-corrected chi connectivity index (χ0v) is 6.83. The first kappa shape index (κ1) is 7.92. The Morgan fingerprint density at radius 1 is 1.00 bits per heavy atom. The summed E-state index contributed by atoms with van der Waals surface area (Å²) in [7, 11) is 0. The van der Waals surface area contributed by atoms with Crippen molar-refractivity contribution in [3.05, 3.63) is 24.3 Å². The largest absolute Gasteiger partial charge is 0.454 e. The van der Waals surface area contributed by atoms with Crippen LogP contribution in [-0.2, 0) is 0 Å². The van der Waals surface area contributed by atoms with E-state index in [4.69, 9.17) is 9.47 Å². The van der Waals surface area contributed by atoms with Crippen molar-refractivity contribution in [2.24, 2.45) is 0 Å². The molecule has 2 nitrogen and oxygen atoms in total. The minimum Gasteiger partial charge on any atom is -0.454 e. The second kappa shape index (κ2) is 3.86. The molecule has 1 heterocycles. The molecule has 1 aliphatic heterocycles. The predicted molar refractivity (Wildman–Crippen MR) is 43.9 cm³/mol. The van der Waals surface area contributed by atoms with Gasteiger partial charge in [0.05, 0.1) is 0 Å². The normalized spacial score (nSPS) is 11.8. The third kappa shape index (κ3) is 1.64. The Bertz CT molecular complexity index is 198. The van der Waals surface area contributed by atoms with Crippen molar-refractivity contribution in [3.8, 4) is 11.5 Å². The van der Waals surface area contributed by atoms with Crippen LogP contribution in [0.15, 0.2) is 24.3 Å². The third-order valence-corrected chi connectivity index (χ3v) is 1.28. The molecule has 0 atom stereocenters. The molecule has 0 radical (unpaired) electrons. The molecule has 0 bridgehead atoms. The lowest BCUT2D eigenvalue weighted by molar-refractivity contribution is 0.174. The van der Waals surface area contributed by atoms with Gasteiger partial charge in [-0.3, -0.25) is 0 Å². The van der Waals surface area contributed by atoms with Crippen molar-refractivity contribution in [3.63, 3.8) is 0 Å². The van der Waals surface area contributed by atoms with Crippen molar-refractivity contribution >= 4 is 0 Å². The molecule has 60 valence electrons. The van der Waals surface area contributed by atoms with Gasteiger partial charge in [-0.2, -0.15) is 0 Å². The highest BCUT2D eigenvalue weighted by molar-refractivity contribution is 5.40. The summed E-state index contributed by atoms with van der Waals surface area (Å²) in [6.07, 6.45) is 0. The highest BCUT2D eigenvalue weighted by Crippen LogP contribution is 2.30. The summed E-state index contributed by atoms with van der Waals surface area (Å²) >= 11 is 0. The van der Waals surface area contributed by atoms with Crippen LogP contribution in [0.2, 0.25) is 0 Å². The Morgan fingerprint density at radius 3 is 1.91 bits per heavy atom. The van der Waals surface area contributed by atoms with Gasteiger partial charge in [-0.25, -0.2) is 0 Å². The van der Waals surface area contributed by atoms with Crippen LogP contribution >= 0.6 is 0 Å². The molecule has 0 spiro atoms. The van der Waals surface area contributed by atoms with E-state index in [0.29, 0.717) is 6.79 Å². The van der Waals surface area contributed by atoms with E-state index in [1.807, 2.05) is 38.1 Å². The second-order valence-corrected chi connectivity index (χ2v) is 1.85. The molecule has 0 aliphatic carbocycles. The highest BCUT2D eigenvalue weighted by Gasteiger charge is 2.09. The first-order valence-corrected chi connectivity index (χ1v) is 3.81. The lowest BCUT2D eigenvalue weighted by Crippen LogP contribution is -1.92. The van der Waals surface area contributed by atoms with Gasteiger partial charge in [0.15, 0.2) is 11.5 Å². The number of ether oxygens (including phenoxy) is 2. The fourth-order valence-corrected chi connectivity index (χ4v) is 0.845. The molecule has 0 fully saturated rings. The lowest BCUT2D eigenvalue weighted by atomic mass is 10.3. The number of hydrogen-bond donors (Lipinski definition) is 0. The number of benzene rings is 1. The second-order valence-electron chi connectivity index (χ2n) is 1.85. The van der Waals surface area contributed by atoms with Crippen molar-refractivity contribution in [1.29, 1.82) is 0 Å². The molecule has 1 aromatic carbocycles. The molecule has 0 saturated carbocycles. The van der Waals surface area contributed by atoms with E-state index >= 15 is 0 Å². The maximum atomic E-state index is 5.08. The predicted octanol–water partition coefficient (Wildman–Crippen LogP) is 2.44. The molecule has 0 N–H and O–H groups in total. The summed E-state index contributed by atoms with van der Waals surface area (Å²) < 4.78 is 10.2. The van der Waals surface area contributed by atoms with E-state index in [1.54, 1.807) is 0 Å². The van der Waals surface area contributed by atoms with Crippen LogP contribution in [0.25, 0.3) is 0 Å². The molecular formula is C9H12O2. The van der Waals surface area contributed by atoms with Gasteiger partial charge in [-0.1, -0.05) is 26.0 Å². The Balaban J connectivity index is 0.000000281. The van der Waals surface area contributed by atoms with Gasteiger partial charge < -0.3 is 9.47 Å². The average Bonchev–Trinajstić information content (AvgIpc) is 2.55. The van der Waals surface area contributed by atoms with Crippen molar-refractivity contribution in [2.75, 3.05) is 6.79 Å². The maximum absolute atomic E-state index is 5.08. The van der Waals surface area contributed by atoms with Gasteiger partial charge in [-0.15, -0.1) is 0 Å². The summed E-state index contributed by atoms with van der Waals surface area (Å²) in [5.41, 5.74) is 0. The zero-order valence-electron chi connectivity index (χ0n) is 6.83. The van der Waals surface area contributed by atoms with E-state index in [9.17, 15) is 0 Å². The monoisotopic (exact) mass is 152 g/mol. The number of hydrogen-bond acceptors (Lipinski definition) is 2. The van der Waals surface area contributed by atoms with Crippen LogP contribution in [0, 0.1) is 0 Å². The SMILES string of the molecule is CC.c1ccc2c(c1)OCO2. The summed E-state index contributed by atoms with van der Waals surface area (Å²) in [4.78, 5) is 0. The molecule has 0 aromatic heterocycles. The van der Waals surface area contributed by atoms with E-state index in [0.717, 1.165) is 11.5 Å². The smallest absolute Gasteiger partial charge is 0.231 e. The minimum absolute atomic E-state index is 0.360. The number of para-hydroxylation sites is 2. The summed E-state index contributed by atoms with van der Waals surface area (Å²) in [5.74, 6) is 1.69. The van der Waals surface area contributed by atoms with Gasteiger partial charge in [-0.05, 0) is 12.1 Å². The molecule has 1 aliphatic rings. The molecule has 2 rings (SSSR count). The summed E-state index contributed by atoms with van der Waals surface area (Å²) in [6.45, 7) is 4.36. The zero-order chi connectivity index (χ0) is 8.10.